The van der Waals surface area contributed by atoms with Gasteiger partial charge in [0.1, 0.15) is 5.82 Å². The van der Waals surface area contributed by atoms with Crippen LogP contribution in [0.3, 0.4) is 0 Å². The van der Waals surface area contributed by atoms with Crippen LogP contribution < -0.4 is 5.01 Å². The summed E-state index contributed by atoms with van der Waals surface area (Å²) in [6.07, 6.45) is 5.94. The van der Waals surface area contributed by atoms with E-state index in [4.69, 9.17) is 0 Å². The van der Waals surface area contributed by atoms with Crippen LogP contribution in [-0.4, -0.2) is 33.5 Å². The van der Waals surface area contributed by atoms with E-state index in [1.807, 2.05) is 0 Å². The Bertz CT molecular complexity index is 718. The van der Waals surface area contributed by atoms with Gasteiger partial charge in [0, 0.05) is 37.0 Å². The molecule has 3 heterocycles. The van der Waals surface area contributed by atoms with Crippen molar-refractivity contribution in [3.8, 4) is 11.1 Å². The predicted octanol–water partition coefficient (Wildman–Crippen LogP) is 2.40. The van der Waals surface area contributed by atoms with Crippen LogP contribution in [0, 0.1) is 5.82 Å². The first kappa shape index (κ1) is 13.3. The van der Waals surface area contributed by atoms with Gasteiger partial charge in [0.2, 0.25) is 11.9 Å². The topological polar surface area (TPSA) is 49.3 Å². The SMILES string of the molecule is O=C1CC2CCCN2N1c1ncc(-c2cccc(F)c2)cn1. The number of carbonyl (C=O) groups excluding carboxylic acids is 1. The van der Waals surface area contributed by atoms with Crippen LogP contribution in [0.2, 0.25) is 0 Å². The number of hydrogen-bond acceptors (Lipinski definition) is 4. The Morgan fingerprint density at radius 1 is 1.18 bits per heavy atom. The van der Waals surface area contributed by atoms with Crippen LogP contribution in [0.1, 0.15) is 19.3 Å². The lowest BCUT2D eigenvalue weighted by Crippen LogP contribution is -2.40. The van der Waals surface area contributed by atoms with Crippen LogP contribution in [0.25, 0.3) is 11.1 Å². The zero-order valence-electron chi connectivity index (χ0n) is 11.9. The molecule has 0 bridgehead atoms. The smallest absolute Gasteiger partial charge is 0.247 e. The molecule has 0 radical (unpaired) electrons. The fraction of sp³-hybridized carbons (Fsp3) is 0.312. The van der Waals surface area contributed by atoms with Gasteiger partial charge in [-0.25, -0.2) is 24.4 Å². The monoisotopic (exact) mass is 298 g/mol. The molecule has 2 aliphatic rings. The molecule has 1 amide bonds. The molecular weight excluding hydrogens is 283 g/mol. The number of nitrogens with zero attached hydrogens (tertiary/aromatic N) is 4. The summed E-state index contributed by atoms with van der Waals surface area (Å²) in [6, 6.07) is 6.58. The van der Waals surface area contributed by atoms with Gasteiger partial charge >= 0.3 is 0 Å². The number of halogens is 1. The Kier molecular flexibility index (Phi) is 3.11. The standard InChI is InChI=1S/C16H15FN4O/c17-13-4-1-3-11(7-13)12-9-18-16(19-10-12)21-15(22)8-14-5-2-6-20(14)21/h1,3-4,7,9-10,14H,2,5-6,8H2. The third-order valence-corrected chi connectivity index (χ3v) is 4.24. The molecule has 1 atom stereocenters. The molecule has 1 aromatic heterocycles. The van der Waals surface area contributed by atoms with Crippen molar-refractivity contribution in [2.45, 2.75) is 25.3 Å². The Balaban J connectivity index is 1.63. The van der Waals surface area contributed by atoms with Gasteiger partial charge in [0.25, 0.3) is 0 Å². The van der Waals surface area contributed by atoms with Crippen LogP contribution in [0.4, 0.5) is 10.3 Å². The number of hydrazine groups is 1. The highest BCUT2D eigenvalue weighted by Gasteiger charge is 2.42. The van der Waals surface area contributed by atoms with Crippen molar-refractivity contribution in [3.63, 3.8) is 0 Å². The third kappa shape index (κ3) is 2.16. The Morgan fingerprint density at radius 2 is 2.00 bits per heavy atom. The molecule has 0 aliphatic carbocycles. The van der Waals surface area contributed by atoms with E-state index in [0.717, 1.165) is 30.5 Å². The minimum atomic E-state index is -0.295. The number of benzene rings is 1. The second kappa shape index (κ2) is 5.14. The van der Waals surface area contributed by atoms with E-state index in [1.165, 1.54) is 12.1 Å². The van der Waals surface area contributed by atoms with Crippen molar-refractivity contribution < 1.29 is 9.18 Å². The van der Waals surface area contributed by atoms with Crippen LogP contribution in [0.15, 0.2) is 36.7 Å². The fourth-order valence-electron chi connectivity index (χ4n) is 3.20. The first-order valence-corrected chi connectivity index (χ1v) is 7.40. The quantitative estimate of drug-likeness (QED) is 0.854. The Labute approximate surface area is 127 Å². The predicted molar refractivity (Wildman–Crippen MR) is 79.3 cm³/mol. The van der Waals surface area contributed by atoms with Crippen molar-refractivity contribution in [1.82, 2.24) is 15.0 Å². The lowest BCUT2D eigenvalue weighted by atomic mass is 10.1. The van der Waals surface area contributed by atoms with E-state index in [1.54, 1.807) is 29.5 Å². The summed E-state index contributed by atoms with van der Waals surface area (Å²) in [6.45, 7) is 0.866. The molecule has 6 heteroatoms. The largest absolute Gasteiger partial charge is 0.273 e. The molecule has 4 rings (SSSR count). The van der Waals surface area contributed by atoms with E-state index < -0.39 is 0 Å². The normalized spacial score (nSPS) is 21.4. The summed E-state index contributed by atoms with van der Waals surface area (Å²) in [4.78, 5) is 20.8. The summed E-state index contributed by atoms with van der Waals surface area (Å²) in [5, 5.41) is 3.65. The summed E-state index contributed by atoms with van der Waals surface area (Å²) in [5.41, 5.74) is 1.45. The van der Waals surface area contributed by atoms with Crippen LogP contribution >= 0.6 is 0 Å². The lowest BCUT2D eigenvalue weighted by Gasteiger charge is -2.25. The second-order valence-corrected chi connectivity index (χ2v) is 5.65. The van der Waals surface area contributed by atoms with E-state index in [9.17, 15) is 9.18 Å². The van der Waals surface area contributed by atoms with E-state index in [0.29, 0.717) is 18.4 Å². The average molecular weight is 298 g/mol. The van der Waals surface area contributed by atoms with Gasteiger partial charge in [-0.1, -0.05) is 12.1 Å². The number of amides is 1. The molecule has 5 nitrogen and oxygen atoms in total. The maximum atomic E-state index is 13.3. The zero-order valence-corrected chi connectivity index (χ0v) is 11.9. The molecule has 22 heavy (non-hydrogen) atoms. The molecular formula is C16H15FN4O. The number of aromatic nitrogens is 2. The van der Waals surface area contributed by atoms with Gasteiger partial charge < -0.3 is 0 Å². The van der Waals surface area contributed by atoms with E-state index >= 15 is 0 Å². The van der Waals surface area contributed by atoms with Gasteiger partial charge in [0.05, 0.1) is 0 Å². The van der Waals surface area contributed by atoms with Gasteiger partial charge in [-0.05, 0) is 30.5 Å². The highest BCUT2D eigenvalue weighted by Crippen LogP contribution is 2.32. The minimum Gasteiger partial charge on any atom is -0.273 e. The van der Waals surface area contributed by atoms with Crippen molar-refractivity contribution >= 4 is 11.9 Å². The number of anilines is 1. The average Bonchev–Trinajstić information content (AvgIpc) is 3.07. The van der Waals surface area contributed by atoms with Crippen molar-refractivity contribution in [1.29, 1.82) is 0 Å². The highest BCUT2D eigenvalue weighted by atomic mass is 19.1. The zero-order chi connectivity index (χ0) is 15.1. The molecule has 0 saturated carbocycles. The maximum Gasteiger partial charge on any atom is 0.247 e. The number of rotatable bonds is 2. The maximum absolute atomic E-state index is 13.3. The van der Waals surface area contributed by atoms with Crippen molar-refractivity contribution in [2.24, 2.45) is 0 Å². The van der Waals surface area contributed by atoms with Gasteiger partial charge in [-0.15, -0.1) is 0 Å². The number of hydrogen-bond donors (Lipinski definition) is 0. The summed E-state index contributed by atoms with van der Waals surface area (Å²) in [5.74, 6) is 0.147. The Hall–Kier alpha value is -2.34. The molecule has 1 unspecified atom stereocenters. The van der Waals surface area contributed by atoms with Crippen LogP contribution in [0.5, 0.6) is 0 Å². The molecule has 1 aromatic carbocycles. The summed E-state index contributed by atoms with van der Waals surface area (Å²) >= 11 is 0. The number of carbonyl (C=O) groups is 1. The molecule has 2 fully saturated rings. The van der Waals surface area contributed by atoms with Crippen LogP contribution in [-0.2, 0) is 4.79 Å². The lowest BCUT2D eigenvalue weighted by molar-refractivity contribution is -0.118. The second-order valence-electron chi connectivity index (χ2n) is 5.65. The molecule has 112 valence electrons. The van der Waals surface area contributed by atoms with E-state index in [2.05, 4.69) is 15.0 Å². The summed E-state index contributed by atoms with van der Waals surface area (Å²) < 4.78 is 13.3. The molecule has 0 spiro atoms. The van der Waals surface area contributed by atoms with Gasteiger partial charge in [-0.3, -0.25) is 4.79 Å². The Morgan fingerprint density at radius 3 is 2.77 bits per heavy atom. The number of fused-ring (bicyclic) bond motifs is 1. The van der Waals surface area contributed by atoms with Crippen molar-refractivity contribution in [2.75, 3.05) is 11.6 Å². The first-order chi connectivity index (χ1) is 10.7. The summed E-state index contributed by atoms with van der Waals surface area (Å²) in [7, 11) is 0. The molecule has 2 aliphatic heterocycles. The third-order valence-electron chi connectivity index (χ3n) is 4.24. The molecule has 0 N–H and O–H groups in total. The van der Waals surface area contributed by atoms with Gasteiger partial charge in [-0.2, -0.15) is 0 Å². The van der Waals surface area contributed by atoms with Crippen molar-refractivity contribution in [3.05, 3.63) is 42.5 Å². The molecule has 2 aromatic rings. The first-order valence-electron chi connectivity index (χ1n) is 7.40. The fourth-order valence-corrected chi connectivity index (χ4v) is 3.20. The molecule has 2 saturated heterocycles. The minimum absolute atomic E-state index is 0.0446. The van der Waals surface area contributed by atoms with Gasteiger partial charge in [0.15, 0.2) is 0 Å². The van der Waals surface area contributed by atoms with E-state index in [-0.39, 0.29) is 11.7 Å². The highest BCUT2D eigenvalue weighted by molar-refractivity contribution is 5.93.